The summed E-state index contributed by atoms with van der Waals surface area (Å²) in [4.78, 5) is 11.7. The summed E-state index contributed by atoms with van der Waals surface area (Å²) in [5, 5.41) is 8.99. The molecule has 0 radical (unpaired) electrons. The summed E-state index contributed by atoms with van der Waals surface area (Å²) >= 11 is 1.01. The van der Waals surface area contributed by atoms with Crippen LogP contribution in [0.1, 0.15) is 41.2 Å². The van der Waals surface area contributed by atoms with Crippen LogP contribution in [0.15, 0.2) is 11.0 Å². The number of carbonyl (C=O) groups is 1. The van der Waals surface area contributed by atoms with Crippen molar-refractivity contribution in [3.63, 3.8) is 0 Å². The van der Waals surface area contributed by atoms with Crippen LogP contribution in [-0.4, -0.2) is 36.4 Å². The van der Waals surface area contributed by atoms with Gasteiger partial charge in [0.25, 0.3) is 0 Å². The Bertz CT molecular complexity index is 620. The van der Waals surface area contributed by atoms with Crippen LogP contribution >= 0.6 is 11.3 Å². The van der Waals surface area contributed by atoms with Crippen LogP contribution in [0.5, 0.6) is 0 Å². The lowest BCUT2D eigenvalue weighted by atomic mass is 9.97. The molecule has 2 atom stereocenters. The first kappa shape index (κ1) is 15.5. The lowest BCUT2D eigenvalue weighted by molar-refractivity contribution is 0.0702. The Morgan fingerprint density at radius 1 is 1.40 bits per heavy atom. The lowest BCUT2D eigenvalue weighted by Gasteiger charge is -2.35. The molecule has 5 nitrogen and oxygen atoms in total. The number of carboxylic acid groups (broad SMARTS) is 1. The molecule has 7 heteroatoms. The summed E-state index contributed by atoms with van der Waals surface area (Å²) in [7, 11) is -3.61. The maximum atomic E-state index is 12.7. The second kappa shape index (κ2) is 5.46. The Morgan fingerprint density at radius 2 is 2.05 bits per heavy atom. The molecule has 1 aromatic rings. The predicted octanol–water partition coefficient (Wildman–Crippen LogP) is 2.56. The highest BCUT2D eigenvalue weighted by atomic mass is 32.2. The van der Waals surface area contributed by atoms with E-state index in [0.717, 1.165) is 24.2 Å². The van der Waals surface area contributed by atoms with Gasteiger partial charge in [-0.2, -0.15) is 4.31 Å². The SMILES string of the molecule is Cc1sc(C(=O)O)cc1S(=O)(=O)N1CC(C)CCC1C. The van der Waals surface area contributed by atoms with Gasteiger partial charge < -0.3 is 5.11 Å². The van der Waals surface area contributed by atoms with E-state index in [-0.39, 0.29) is 15.8 Å². The minimum atomic E-state index is -3.61. The van der Waals surface area contributed by atoms with E-state index in [9.17, 15) is 13.2 Å². The van der Waals surface area contributed by atoms with E-state index < -0.39 is 16.0 Å². The number of carboxylic acids is 1. The molecule has 20 heavy (non-hydrogen) atoms. The smallest absolute Gasteiger partial charge is 0.345 e. The number of hydrogen-bond acceptors (Lipinski definition) is 4. The third kappa shape index (κ3) is 2.75. The van der Waals surface area contributed by atoms with Gasteiger partial charge in [-0.05, 0) is 38.7 Å². The molecule has 0 saturated carbocycles. The second-order valence-corrected chi connectivity index (χ2v) is 8.56. The van der Waals surface area contributed by atoms with Crippen LogP contribution in [0.25, 0.3) is 0 Å². The maximum Gasteiger partial charge on any atom is 0.345 e. The average Bonchev–Trinajstić information content (AvgIpc) is 2.75. The van der Waals surface area contributed by atoms with Gasteiger partial charge in [0, 0.05) is 17.5 Å². The summed E-state index contributed by atoms with van der Waals surface area (Å²) in [6.45, 7) is 6.10. The molecule has 112 valence electrons. The Balaban J connectivity index is 2.41. The van der Waals surface area contributed by atoms with Gasteiger partial charge in [0.2, 0.25) is 10.0 Å². The van der Waals surface area contributed by atoms with Crippen molar-refractivity contribution in [2.45, 2.75) is 44.6 Å². The van der Waals surface area contributed by atoms with Gasteiger partial charge in [0.05, 0.1) is 4.90 Å². The minimum Gasteiger partial charge on any atom is -0.477 e. The van der Waals surface area contributed by atoms with Crippen molar-refractivity contribution in [1.29, 1.82) is 0 Å². The Hall–Kier alpha value is -0.920. The lowest BCUT2D eigenvalue weighted by Crippen LogP contribution is -2.44. The molecule has 1 saturated heterocycles. The van der Waals surface area contributed by atoms with Crippen LogP contribution in [0.3, 0.4) is 0 Å². The van der Waals surface area contributed by atoms with Gasteiger partial charge in [0.1, 0.15) is 4.88 Å². The third-order valence-electron chi connectivity index (χ3n) is 3.73. The summed E-state index contributed by atoms with van der Waals surface area (Å²) in [6.07, 6.45) is 1.87. The average molecular weight is 317 g/mol. The molecule has 2 rings (SSSR count). The molecule has 1 aliphatic heterocycles. The number of piperidine rings is 1. The highest BCUT2D eigenvalue weighted by Gasteiger charge is 2.35. The van der Waals surface area contributed by atoms with E-state index in [4.69, 9.17) is 5.11 Å². The van der Waals surface area contributed by atoms with Crippen LogP contribution < -0.4 is 0 Å². The Kier molecular flexibility index (Phi) is 4.22. The van der Waals surface area contributed by atoms with Crippen LogP contribution in [-0.2, 0) is 10.0 Å². The molecule has 0 amide bonds. The van der Waals surface area contributed by atoms with Crippen molar-refractivity contribution in [2.75, 3.05) is 6.54 Å². The molecule has 0 aliphatic carbocycles. The number of aryl methyl sites for hydroxylation is 1. The van der Waals surface area contributed by atoms with Crippen molar-refractivity contribution in [1.82, 2.24) is 4.31 Å². The summed E-state index contributed by atoms with van der Waals surface area (Å²) in [5.41, 5.74) is 0. The van der Waals surface area contributed by atoms with Gasteiger partial charge in [-0.3, -0.25) is 0 Å². The van der Waals surface area contributed by atoms with E-state index in [0.29, 0.717) is 17.3 Å². The molecular weight excluding hydrogens is 298 g/mol. The van der Waals surface area contributed by atoms with E-state index in [1.165, 1.54) is 10.4 Å². The zero-order valence-corrected chi connectivity index (χ0v) is 13.4. The largest absolute Gasteiger partial charge is 0.477 e. The van der Waals surface area contributed by atoms with Gasteiger partial charge in [-0.1, -0.05) is 6.92 Å². The van der Waals surface area contributed by atoms with Crippen molar-refractivity contribution in [3.05, 3.63) is 15.8 Å². The monoisotopic (exact) mass is 317 g/mol. The quantitative estimate of drug-likeness (QED) is 0.929. The molecule has 2 heterocycles. The topological polar surface area (TPSA) is 74.7 Å². The van der Waals surface area contributed by atoms with Gasteiger partial charge >= 0.3 is 5.97 Å². The van der Waals surface area contributed by atoms with E-state index in [1.54, 1.807) is 6.92 Å². The second-order valence-electron chi connectivity index (χ2n) is 5.44. The number of rotatable bonds is 3. The first-order chi connectivity index (χ1) is 9.23. The van der Waals surface area contributed by atoms with Crippen molar-refractivity contribution < 1.29 is 18.3 Å². The van der Waals surface area contributed by atoms with Gasteiger partial charge in [-0.15, -0.1) is 11.3 Å². The zero-order valence-electron chi connectivity index (χ0n) is 11.8. The van der Waals surface area contributed by atoms with Gasteiger partial charge in [-0.25, -0.2) is 13.2 Å². The molecule has 0 spiro atoms. The Labute approximate surface area is 123 Å². The number of sulfonamides is 1. The molecule has 1 fully saturated rings. The normalized spacial score (nSPS) is 24.8. The molecule has 1 aromatic heterocycles. The standard InChI is InChI=1S/C13H19NO4S2/c1-8-4-5-9(2)14(7-8)20(17,18)12-6-11(13(15)16)19-10(12)3/h6,8-9H,4-5,7H2,1-3H3,(H,15,16). The Morgan fingerprint density at radius 3 is 2.60 bits per heavy atom. The first-order valence-corrected chi connectivity index (χ1v) is 8.84. The molecule has 2 unspecified atom stereocenters. The van der Waals surface area contributed by atoms with Crippen molar-refractivity contribution >= 4 is 27.3 Å². The first-order valence-electron chi connectivity index (χ1n) is 6.59. The predicted molar refractivity (Wildman–Crippen MR) is 77.8 cm³/mol. The third-order valence-corrected chi connectivity index (χ3v) is 7.00. The molecular formula is C13H19NO4S2. The van der Waals surface area contributed by atoms with Crippen LogP contribution in [0, 0.1) is 12.8 Å². The maximum absolute atomic E-state index is 12.7. The van der Waals surface area contributed by atoms with Crippen molar-refractivity contribution in [3.8, 4) is 0 Å². The van der Waals surface area contributed by atoms with E-state index in [1.807, 2.05) is 13.8 Å². The fraction of sp³-hybridized carbons (Fsp3) is 0.615. The summed E-state index contributed by atoms with van der Waals surface area (Å²) in [6, 6.07) is 1.24. The molecule has 0 aromatic carbocycles. The van der Waals surface area contributed by atoms with E-state index in [2.05, 4.69) is 0 Å². The molecule has 1 N–H and O–H groups in total. The van der Waals surface area contributed by atoms with Crippen LogP contribution in [0.4, 0.5) is 0 Å². The van der Waals surface area contributed by atoms with E-state index >= 15 is 0 Å². The number of hydrogen-bond donors (Lipinski definition) is 1. The number of thiophene rings is 1. The molecule has 1 aliphatic rings. The molecule has 0 bridgehead atoms. The highest BCUT2D eigenvalue weighted by molar-refractivity contribution is 7.89. The number of nitrogens with zero attached hydrogens (tertiary/aromatic N) is 1. The highest BCUT2D eigenvalue weighted by Crippen LogP contribution is 2.32. The fourth-order valence-electron chi connectivity index (χ4n) is 2.54. The number of aromatic carboxylic acids is 1. The van der Waals surface area contributed by atoms with Gasteiger partial charge in [0.15, 0.2) is 0 Å². The summed E-state index contributed by atoms with van der Waals surface area (Å²) < 4.78 is 27.0. The zero-order chi connectivity index (χ0) is 15.1. The summed E-state index contributed by atoms with van der Waals surface area (Å²) in [5.74, 6) is -0.751. The van der Waals surface area contributed by atoms with Crippen LogP contribution in [0.2, 0.25) is 0 Å². The minimum absolute atomic E-state index is 0.0382. The van der Waals surface area contributed by atoms with Crippen molar-refractivity contribution in [2.24, 2.45) is 5.92 Å². The fourth-order valence-corrected chi connectivity index (χ4v) is 5.72.